The van der Waals surface area contributed by atoms with Crippen molar-refractivity contribution in [1.29, 1.82) is 0 Å². The molecule has 0 saturated carbocycles. The number of hydrazine groups is 1. The fraction of sp³-hybridized carbons (Fsp3) is 0. The van der Waals surface area contributed by atoms with E-state index >= 15 is 0 Å². The Morgan fingerprint density at radius 1 is 1.69 bits per heavy atom. The van der Waals surface area contributed by atoms with E-state index in [1.54, 1.807) is 18.6 Å². The summed E-state index contributed by atoms with van der Waals surface area (Å²) in [6.07, 6.45) is 4.97. The van der Waals surface area contributed by atoms with Crippen LogP contribution in [0.15, 0.2) is 29.6 Å². The quantitative estimate of drug-likeness (QED) is 0.263. The first-order valence-electron chi connectivity index (χ1n) is 3.52. The summed E-state index contributed by atoms with van der Waals surface area (Å²) in [7, 11) is 0. The van der Waals surface area contributed by atoms with Crippen LogP contribution in [0, 0.1) is 0 Å². The van der Waals surface area contributed by atoms with Crippen LogP contribution in [0.25, 0.3) is 0 Å². The van der Waals surface area contributed by atoms with Gasteiger partial charge in [-0.1, -0.05) is 6.07 Å². The van der Waals surface area contributed by atoms with Crippen molar-refractivity contribution in [2.24, 2.45) is 10.9 Å². The van der Waals surface area contributed by atoms with Crippen molar-refractivity contribution in [2.45, 2.75) is 0 Å². The van der Waals surface area contributed by atoms with Gasteiger partial charge in [0, 0.05) is 18.0 Å². The number of nitrogens with zero attached hydrogens (tertiary/aromatic N) is 2. The van der Waals surface area contributed by atoms with E-state index in [0.717, 1.165) is 5.56 Å². The number of hydrogen-bond acceptors (Lipinski definition) is 4. The molecule has 1 aromatic heterocycles. The molecule has 0 aliphatic heterocycles. The highest BCUT2D eigenvalue weighted by Gasteiger charge is 1.86. The average Bonchev–Trinajstić information content (AvgIpc) is 2.19. The maximum Gasteiger partial charge on any atom is 0.201 e. The zero-order valence-electron chi connectivity index (χ0n) is 6.77. The molecule has 0 aliphatic rings. The molecule has 1 aromatic rings. The lowest BCUT2D eigenvalue weighted by Gasteiger charge is -1.98. The van der Waals surface area contributed by atoms with Crippen LogP contribution >= 0.6 is 12.2 Å². The molecule has 0 fully saturated rings. The number of aromatic nitrogens is 1. The lowest BCUT2D eigenvalue weighted by molar-refractivity contribution is 0.930. The molecule has 13 heavy (non-hydrogen) atoms. The molecule has 5 nitrogen and oxygen atoms in total. The van der Waals surface area contributed by atoms with Crippen LogP contribution in [0.4, 0.5) is 0 Å². The van der Waals surface area contributed by atoms with Gasteiger partial charge < -0.3 is 0 Å². The number of thiocarbonyl (C=S) groups is 1. The minimum atomic E-state index is 0.264. The van der Waals surface area contributed by atoms with Crippen LogP contribution < -0.4 is 16.7 Å². The Morgan fingerprint density at radius 2 is 2.54 bits per heavy atom. The number of hydrazone groups is 1. The third-order valence-corrected chi connectivity index (χ3v) is 1.40. The van der Waals surface area contributed by atoms with Crippen LogP contribution in [0.3, 0.4) is 0 Å². The number of nitrogens with two attached hydrogens (primary N) is 1. The molecule has 0 unspecified atom stereocenters. The minimum absolute atomic E-state index is 0.264. The number of rotatable bonds is 2. The predicted octanol–water partition coefficient (Wildman–Crippen LogP) is -0.247. The van der Waals surface area contributed by atoms with Gasteiger partial charge in [-0.2, -0.15) is 5.10 Å². The Bertz CT molecular complexity index is 297. The zero-order valence-corrected chi connectivity index (χ0v) is 7.58. The summed E-state index contributed by atoms with van der Waals surface area (Å²) in [6, 6.07) is 3.69. The Morgan fingerprint density at radius 3 is 3.15 bits per heavy atom. The average molecular weight is 195 g/mol. The second kappa shape index (κ2) is 5.18. The van der Waals surface area contributed by atoms with Crippen LogP contribution in [-0.2, 0) is 0 Å². The van der Waals surface area contributed by atoms with E-state index in [-0.39, 0.29) is 5.11 Å². The topological polar surface area (TPSA) is 75.3 Å². The first-order valence-corrected chi connectivity index (χ1v) is 3.93. The third kappa shape index (κ3) is 3.59. The fourth-order valence-corrected chi connectivity index (χ4v) is 0.703. The second-order valence-electron chi connectivity index (χ2n) is 2.13. The first-order chi connectivity index (χ1) is 6.33. The largest absolute Gasteiger partial charge is 0.300 e. The first kappa shape index (κ1) is 9.56. The van der Waals surface area contributed by atoms with Gasteiger partial charge in [0.05, 0.1) is 6.21 Å². The van der Waals surface area contributed by atoms with Gasteiger partial charge in [-0.25, -0.2) is 5.84 Å². The van der Waals surface area contributed by atoms with Gasteiger partial charge in [0.15, 0.2) is 0 Å². The summed E-state index contributed by atoms with van der Waals surface area (Å²) in [5.41, 5.74) is 5.64. The molecule has 6 heteroatoms. The normalized spacial score (nSPS) is 9.92. The molecule has 0 saturated heterocycles. The van der Waals surface area contributed by atoms with E-state index in [1.807, 2.05) is 12.1 Å². The van der Waals surface area contributed by atoms with Crippen LogP contribution in [-0.4, -0.2) is 16.3 Å². The highest BCUT2D eigenvalue weighted by atomic mass is 32.1. The molecule has 68 valence electrons. The molecule has 0 aliphatic carbocycles. The highest BCUT2D eigenvalue weighted by molar-refractivity contribution is 7.80. The standard InChI is InChI=1S/C7H9N5S/c8-11-7(13)12-10-5-6-2-1-3-9-4-6/h1-5H,8H2,(H2,11,12,13). The van der Waals surface area contributed by atoms with Crippen molar-refractivity contribution in [1.82, 2.24) is 15.8 Å². The van der Waals surface area contributed by atoms with Gasteiger partial charge in [0.1, 0.15) is 0 Å². The summed E-state index contributed by atoms with van der Waals surface area (Å²) in [4.78, 5) is 3.91. The van der Waals surface area contributed by atoms with E-state index < -0.39 is 0 Å². The van der Waals surface area contributed by atoms with Gasteiger partial charge in [-0.05, 0) is 18.3 Å². The smallest absolute Gasteiger partial charge is 0.201 e. The van der Waals surface area contributed by atoms with Gasteiger partial charge in [-0.15, -0.1) is 0 Å². The Kier molecular flexibility index (Phi) is 3.80. The van der Waals surface area contributed by atoms with Crippen molar-refractivity contribution >= 4 is 23.5 Å². The SMILES string of the molecule is NNC(=S)NN=Cc1cccnc1. The van der Waals surface area contributed by atoms with Crippen molar-refractivity contribution in [3.63, 3.8) is 0 Å². The van der Waals surface area contributed by atoms with E-state index in [9.17, 15) is 0 Å². The molecule has 0 aromatic carbocycles. The molecular formula is C7H9N5S. The maximum atomic E-state index is 5.01. The van der Waals surface area contributed by atoms with Crippen molar-refractivity contribution in [2.75, 3.05) is 0 Å². The van der Waals surface area contributed by atoms with Crippen molar-refractivity contribution in [3.05, 3.63) is 30.1 Å². The molecule has 0 atom stereocenters. The monoisotopic (exact) mass is 195 g/mol. The van der Waals surface area contributed by atoms with E-state index in [2.05, 4.69) is 20.9 Å². The number of nitrogens with one attached hydrogen (secondary N) is 2. The van der Waals surface area contributed by atoms with E-state index in [1.165, 1.54) is 0 Å². The van der Waals surface area contributed by atoms with Crippen LogP contribution in [0.2, 0.25) is 0 Å². The Balaban J connectivity index is 2.45. The second-order valence-corrected chi connectivity index (χ2v) is 2.54. The number of hydrogen-bond donors (Lipinski definition) is 3. The van der Waals surface area contributed by atoms with Gasteiger partial charge in [0.25, 0.3) is 0 Å². The Labute approximate surface area is 81.0 Å². The third-order valence-electron chi connectivity index (χ3n) is 1.20. The van der Waals surface area contributed by atoms with Gasteiger partial charge in [-0.3, -0.25) is 15.8 Å². The molecule has 0 bridgehead atoms. The minimum Gasteiger partial charge on any atom is -0.300 e. The lowest BCUT2D eigenvalue weighted by atomic mass is 10.3. The summed E-state index contributed by atoms with van der Waals surface area (Å²) in [6.45, 7) is 0. The van der Waals surface area contributed by atoms with Gasteiger partial charge >= 0.3 is 0 Å². The maximum absolute atomic E-state index is 5.01. The highest BCUT2D eigenvalue weighted by Crippen LogP contribution is 1.89. The van der Waals surface area contributed by atoms with E-state index in [0.29, 0.717) is 0 Å². The molecule has 4 N–H and O–H groups in total. The van der Waals surface area contributed by atoms with Crippen LogP contribution in [0.1, 0.15) is 5.56 Å². The number of pyridine rings is 1. The fourth-order valence-electron chi connectivity index (χ4n) is 0.650. The summed E-state index contributed by atoms with van der Waals surface area (Å²) in [5, 5.41) is 4.08. The van der Waals surface area contributed by atoms with Gasteiger partial charge in [0.2, 0.25) is 5.11 Å². The lowest BCUT2D eigenvalue weighted by Crippen LogP contribution is -2.37. The molecule has 0 spiro atoms. The predicted molar refractivity (Wildman–Crippen MR) is 54.9 cm³/mol. The Hall–Kier alpha value is -1.53. The molecule has 0 amide bonds. The molecule has 0 radical (unpaired) electrons. The summed E-state index contributed by atoms with van der Waals surface area (Å²) < 4.78 is 0. The summed E-state index contributed by atoms with van der Waals surface area (Å²) >= 11 is 4.69. The van der Waals surface area contributed by atoms with Crippen molar-refractivity contribution in [3.8, 4) is 0 Å². The van der Waals surface area contributed by atoms with Crippen molar-refractivity contribution < 1.29 is 0 Å². The molecular weight excluding hydrogens is 186 g/mol. The zero-order chi connectivity index (χ0) is 9.52. The summed E-state index contributed by atoms with van der Waals surface area (Å²) in [5.74, 6) is 5.01. The van der Waals surface area contributed by atoms with E-state index in [4.69, 9.17) is 18.1 Å². The van der Waals surface area contributed by atoms with Crippen LogP contribution in [0.5, 0.6) is 0 Å². The molecule has 1 heterocycles. The molecule has 1 rings (SSSR count).